The van der Waals surface area contributed by atoms with Crippen LogP contribution in [-0.4, -0.2) is 5.11 Å². The molecule has 0 atom stereocenters. The Morgan fingerprint density at radius 3 is 2.15 bits per heavy atom. The van der Waals surface area contributed by atoms with Gasteiger partial charge in [0.05, 0.1) is 0 Å². The van der Waals surface area contributed by atoms with Crippen molar-refractivity contribution in [2.24, 2.45) is 0 Å². The Morgan fingerprint density at radius 2 is 1.48 bits per heavy atom. The van der Waals surface area contributed by atoms with Gasteiger partial charge in [-0.25, -0.2) is 0 Å². The molecule has 1 heteroatoms. The topological polar surface area (TPSA) is 20.2 Å². The molecule has 134 valence electrons. The van der Waals surface area contributed by atoms with Crippen LogP contribution < -0.4 is 0 Å². The second-order valence-electron chi connectivity index (χ2n) is 7.05. The molecule has 0 amide bonds. The van der Waals surface area contributed by atoms with Gasteiger partial charge < -0.3 is 5.11 Å². The van der Waals surface area contributed by atoms with Crippen molar-refractivity contribution in [3.05, 3.63) is 119 Å². The second-order valence-corrected chi connectivity index (χ2v) is 7.05. The first kappa shape index (κ1) is 17.4. The van der Waals surface area contributed by atoms with Gasteiger partial charge in [-0.15, -0.1) is 0 Å². The van der Waals surface area contributed by atoms with Gasteiger partial charge in [0, 0.05) is 0 Å². The Bertz CT molecular complexity index is 951. The molecule has 0 unspecified atom stereocenters. The molecule has 1 nitrogen and oxygen atoms in total. The van der Waals surface area contributed by atoms with Crippen LogP contribution in [0.5, 0.6) is 5.75 Å². The third-order valence-corrected chi connectivity index (χ3v) is 5.22. The average Bonchev–Trinajstić information content (AvgIpc) is 3.41. The van der Waals surface area contributed by atoms with Crippen molar-refractivity contribution in [3.8, 4) is 5.75 Å². The van der Waals surface area contributed by atoms with Gasteiger partial charge in [-0.1, -0.05) is 84.5 Å². The molecule has 0 saturated heterocycles. The molecule has 2 aliphatic rings. The van der Waals surface area contributed by atoms with Gasteiger partial charge in [0.1, 0.15) is 5.75 Å². The van der Waals surface area contributed by atoms with Crippen molar-refractivity contribution in [1.82, 2.24) is 0 Å². The summed E-state index contributed by atoms with van der Waals surface area (Å²) in [4.78, 5) is 0. The molecule has 0 heterocycles. The molecular weight excluding hydrogens is 328 g/mol. The number of rotatable bonds is 6. The number of benzene rings is 2. The monoisotopic (exact) mass is 352 g/mol. The Balaban J connectivity index is 1.81. The van der Waals surface area contributed by atoms with Crippen molar-refractivity contribution in [1.29, 1.82) is 0 Å². The third-order valence-electron chi connectivity index (χ3n) is 5.22. The number of allylic oxidation sites excluding steroid dienone is 9. The molecule has 4 rings (SSSR count). The second kappa shape index (κ2) is 8.09. The summed E-state index contributed by atoms with van der Waals surface area (Å²) >= 11 is 0. The summed E-state index contributed by atoms with van der Waals surface area (Å²) in [5, 5.41) is 9.75. The fourth-order valence-corrected chi connectivity index (χ4v) is 3.83. The maximum Gasteiger partial charge on any atom is 0.115 e. The van der Waals surface area contributed by atoms with Crippen molar-refractivity contribution < 1.29 is 5.11 Å². The molecule has 0 aliphatic heterocycles. The predicted octanol–water partition coefficient (Wildman–Crippen LogP) is 6.75. The molecule has 0 saturated carbocycles. The molecular formula is C26H24O. The van der Waals surface area contributed by atoms with Crippen molar-refractivity contribution in [2.45, 2.75) is 25.7 Å². The number of phenols is 1. The zero-order valence-corrected chi connectivity index (χ0v) is 15.4. The van der Waals surface area contributed by atoms with E-state index in [-0.39, 0.29) is 0 Å². The zero-order valence-electron chi connectivity index (χ0n) is 15.4. The lowest BCUT2D eigenvalue weighted by Crippen LogP contribution is -1.99. The van der Waals surface area contributed by atoms with E-state index in [9.17, 15) is 5.11 Å². The summed E-state index contributed by atoms with van der Waals surface area (Å²) in [6, 6.07) is 18.2. The summed E-state index contributed by atoms with van der Waals surface area (Å²) in [6.07, 6.45) is 17.4. The highest BCUT2D eigenvalue weighted by molar-refractivity contribution is 5.85. The maximum atomic E-state index is 9.75. The summed E-state index contributed by atoms with van der Waals surface area (Å²) in [5.74, 6) is 0.302. The zero-order chi connectivity index (χ0) is 18.5. The van der Waals surface area contributed by atoms with Gasteiger partial charge >= 0.3 is 0 Å². The molecule has 0 aromatic heterocycles. The maximum absolute atomic E-state index is 9.75. The normalized spacial score (nSPS) is 16.3. The lowest BCUT2D eigenvalue weighted by molar-refractivity contribution is 0.475. The van der Waals surface area contributed by atoms with Crippen molar-refractivity contribution in [3.63, 3.8) is 0 Å². The average molecular weight is 352 g/mol. The minimum Gasteiger partial charge on any atom is -0.508 e. The molecule has 2 aliphatic carbocycles. The van der Waals surface area contributed by atoms with E-state index in [2.05, 4.69) is 66.8 Å². The van der Waals surface area contributed by atoms with Gasteiger partial charge in [0.2, 0.25) is 0 Å². The molecule has 2 aromatic carbocycles. The van der Waals surface area contributed by atoms with E-state index in [1.807, 2.05) is 12.1 Å². The number of hydrogen-bond acceptors (Lipinski definition) is 1. The highest BCUT2D eigenvalue weighted by Gasteiger charge is 2.17. The van der Waals surface area contributed by atoms with Crippen LogP contribution in [0.3, 0.4) is 0 Å². The van der Waals surface area contributed by atoms with Crippen molar-refractivity contribution >= 4 is 5.57 Å². The van der Waals surface area contributed by atoms with Gasteiger partial charge in [-0.05, 0) is 65.7 Å². The van der Waals surface area contributed by atoms with Gasteiger partial charge in [0.25, 0.3) is 0 Å². The van der Waals surface area contributed by atoms with E-state index in [1.165, 1.54) is 27.9 Å². The lowest BCUT2D eigenvalue weighted by Gasteiger charge is -2.19. The summed E-state index contributed by atoms with van der Waals surface area (Å²) in [7, 11) is 0. The Morgan fingerprint density at radius 1 is 0.778 bits per heavy atom. The molecule has 0 radical (unpaired) electrons. The van der Waals surface area contributed by atoms with E-state index in [4.69, 9.17) is 0 Å². The molecule has 1 N–H and O–H groups in total. The quantitative estimate of drug-likeness (QED) is 0.610. The highest BCUT2D eigenvalue weighted by atomic mass is 16.3. The molecule has 0 fully saturated rings. The minimum absolute atomic E-state index is 0.302. The molecule has 27 heavy (non-hydrogen) atoms. The van der Waals surface area contributed by atoms with Crippen LogP contribution in [0.15, 0.2) is 108 Å². The lowest BCUT2D eigenvalue weighted by atomic mass is 9.86. The van der Waals surface area contributed by atoms with E-state index in [0.717, 1.165) is 31.2 Å². The van der Waals surface area contributed by atoms with Gasteiger partial charge in [-0.2, -0.15) is 0 Å². The third kappa shape index (κ3) is 4.03. The minimum atomic E-state index is 0.302. The number of hydrogen-bond donors (Lipinski definition) is 1. The largest absolute Gasteiger partial charge is 0.508 e. The number of aromatic hydroxyl groups is 1. The van der Waals surface area contributed by atoms with Crippen LogP contribution in [0.2, 0.25) is 0 Å². The van der Waals surface area contributed by atoms with E-state index in [0.29, 0.717) is 5.75 Å². The summed E-state index contributed by atoms with van der Waals surface area (Å²) in [6.45, 7) is 0. The van der Waals surface area contributed by atoms with Crippen LogP contribution in [0.1, 0.15) is 36.8 Å². The molecule has 0 bridgehead atoms. The Hall–Kier alpha value is -3.06. The van der Waals surface area contributed by atoms with Crippen molar-refractivity contribution in [2.75, 3.05) is 0 Å². The predicted molar refractivity (Wildman–Crippen MR) is 113 cm³/mol. The van der Waals surface area contributed by atoms with Crippen LogP contribution >= 0.6 is 0 Å². The molecule has 2 aromatic rings. The SMILES string of the molecule is Oc1ccc(/C(=C(/CCC2=CC=CC2)C2=CC=CC2)c2ccccc2)cc1. The van der Waals surface area contributed by atoms with Gasteiger partial charge in [0.15, 0.2) is 0 Å². The number of phenolic OH excluding ortho intramolecular Hbond substituents is 1. The van der Waals surface area contributed by atoms with Crippen LogP contribution in [0.25, 0.3) is 5.57 Å². The fourth-order valence-electron chi connectivity index (χ4n) is 3.83. The van der Waals surface area contributed by atoms with E-state index < -0.39 is 0 Å². The van der Waals surface area contributed by atoms with Crippen LogP contribution in [0.4, 0.5) is 0 Å². The van der Waals surface area contributed by atoms with Crippen LogP contribution in [-0.2, 0) is 0 Å². The van der Waals surface area contributed by atoms with Crippen LogP contribution in [0, 0.1) is 0 Å². The summed E-state index contributed by atoms with van der Waals surface area (Å²) < 4.78 is 0. The first-order chi connectivity index (χ1) is 13.3. The first-order valence-corrected chi connectivity index (χ1v) is 9.60. The Kier molecular flexibility index (Phi) is 5.20. The highest BCUT2D eigenvalue weighted by Crippen LogP contribution is 2.37. The Labute approximate surface area is 161 Å². The summed E-state index contributed by atoms with van der Waals surface area (Å²) in [5.41, 5.74) is 7.96. The van der Waals surface area contributed by atoms with E-state index in [1.54, 1.807) is 12.1 Å². The molecule has 0 spiro atoms. The fraction of sp³-hybridized carbons (Fsp3) is 0.154. The van der Waals surface area contributed by atoms with Gasteiger partial charge in [-0.3, -0.25) is 0 Å². The standard InChI is InChI=1S/C26H24O/c27-24-17-15-23(16-18-24)26(22-12-2-1-3-13-22)25(21-10-6-7-11-21)19-14-20-8-4-5-9-20/h1-8,10,12-13,15-18,27H,9,11,14,19H2/b26-25-. The van der Waals surface area contributed by atoms with E-state index >= 15 is 0 Å². The smallest absolute Gasteiger partial charge is 0.115 e. The first-order valence-electron chi connectivity index (χ1n) is 9.60.